The lowest BCUT2D eigenvalue weighted by molar-refractivity contribution is -0.139. The van der Waals surface area contributed by atoms with E-state index >= 15 is 0 Å². The molecule has 6 nitrogen and oxygen atoms in total. The summed E-state index contributed by atoms with van der Waals surface area (Å²) in [6.07, 6.45) is 0. The smallest absolute Gasteiger partial charge is 0.338 e. The van der Waals surface area contributed by atoms with Crippen LogP contribution < -0.4 is 5.32 Å². The van der Waals surface area contributed by atoms with Crippen LogP contribution in [-0.2, 0) is 15.3 Å². The highest BCUT2D eigenvalue weighted by atomic mass is 79.9. The number of anilines is 1. The van der Waals surface area contributed by atoms with Crippen molar-refractivity contribution < 1.29 is 9.53 Å². The van der Waals surface area contributed by atoms with Crippen molar-refractivity contribution >= 4 is 39.6 Å². The van der Waals surface area contributed by atoms with Gasteiger partial charge in [0.1, 0.15) is 6.04 Å². The zero-order valence-corrected chi connectivity index (χ0v) is 20.9. The van der Waals surface area contributed by atoms with E-state index in [9.17, 15) is 4.79 Å². The number of halogens is 1. The number of thioether (sulfide) groups is 1. The molecule has 0 radical (unpaired) electrons. The van der Waals surface area contributed by atoms with Gasteiger partial charge in [0.25, 0.3) is 0 Å². The van der Waals surface area contributed by atoms with E-state index in [1.165, 1.54) is 16.7 Å². The van der Waals surface area contributed by atoms with E-state index in [2.05, 4.69) is 53.3 Å². The van der Waals surface area contributed by atoms with Gasteiger partial charge < -0.3 is 10.1 Å². The summed E-state index contributed by atoms with van der Waals surface area (Å²) in [5.74, 6) is 1.03. The molecular weight excluding hydrogens is 488 g/mol. The standard InChI is InChI=1S/C24H25BrN4O2S/c1-5-31-22(30)20-16(4)26-23-27-24(32-13-18-10-9-14(2)11-15(18)3)28-29(23)21(20)17-7-6-8-19(25)12-17/h6-12,21H,5,13H2,1-4H3,(H,26,27,28)/t21-/m0/s1. The van der Waals surface area contributed by atoms with Crippen LogP contribution in [0.2, 0.25) is 0 Å². The van der Waals surface area contributed by atoms with Crippen molar-refractivity contribution in [2.45, 2.75) is 44.6 Å². The Morgan fingerprint density at radius 3 is 2.75 bits per heavy atom. The van der Waals surface area contributed by atoms with Crippen molar-refractivity contribution in [2.75, 3.05) is 11.9 Å². The van der Waals surface area contributed by atoms with Gasteiger partial charge >= 0.3 is 5.97 Å². The Morgan fingerprint density at radius 1 is 1.22 bits per heavy atom. The van der Waals surface area contributed by atoms with Crippen molar-refractivity contribution in [1.29, 1.82) is 0 Å². The van der Waals surface area contributed by atoms with E-state index in [4.69, 9.17) is 14.8 Å². The molecule has 3 aromatic rings. The number of fused-ring (bicyclic) bond motifs is 1. The van der Waals surface area contributed by atoms with Crippen molar-refractivity contribution in [2.24, 2.45) is 0 Å². The molecule has 0 amide bonds. The summed E-state index contributed by atoms with van der Waals surface area (Å²) in [7, 11) is 0. The van der Waals surface area contributed by atoms with Crippen LogP contribution in [0.25, 0.3) is 0 Å². The van der Waals surface area contributed by atoms with Gasteiger partial charge in [-0.15, -0.1) is 5.10 Å². The zero-order valence-electron chi connectivity index (χ0n) is 18.5. The van der Waals surface area contributed by atoms with E-state index in [0.717, 1.165) is 21.5 Å². The van der Waals surface area contributed by atoms with E-state index < -0.39 is 6.04 Å². The van der Waals surface area contributed by atoms with Gasteiger partial charge in [-0.3, -0.25) is 0 Å². The van der Waals surface area contributed by atoms with Gasteiger partial charge in [-0.05, 0) is 56.5 Å². The Labute approximate surface area is 200 Å². The number of esters is 1. The lowest BCUT2D eigenvalue weighted by Gasteiger charge is -2.28. The molecule has 0 aliphatic carbocycles. The summed E-state index contributed by atoms with van der Waals surface area (Å²) in [6.45, 7) is 8.21. The van der Waals surface area contributed by atoms with E-state index in [1.807, 2.05) is 31.2 Å². The minimum atomic E-state index is -0.425. The highest BCUT2D eigenvalue weighted by Gasteiger charge is 2.35. The molecule has 2 heterocycles. The lowest BCUT2D eigenvalue weighted by Crippen LogP contribution is -2.29. The number of benzene rings is 2. The molecule has 1 aromatic heterocycles. The predicted octanol–water partition coefficient (Wildman–Crippen LogP) is 5.80. The third-order valence-electron chi connectivity index (χ3n) is 5.35. The summed E-state index contributed by atoms with van der Waals surface area (Å²) in [6, 6.07) is 13.9. The topological polar surface area (TPSA) is 69.0 Å². The van der Waals surface area contributed by atoms with Gasteiger partial charge in [0, 0.05) is 15.9 Å². The first kappa shape index (κ1) is 22.6. The number of hydrogen-bond acceptors (Lipinski definition) is 6. The number of nitrogens with one attached hydrogen (secondary N) is 1. The number of rotatable bonds is 6. The van der Waals surface area contributed by atoms with Crippen molar-refractivity contribution in [3.05, 3.63) is 80.5 Å². The molecule has 0 saturated carbocycles. The largest absolute Gasteiger partial charge is 0.463 e. The summed E-state index contributed by atoms with van der Waals surface area (Å²) in [5.41, 5.74) is 5.95. The van der Waals surface area contributed by atoms with Crippen LogP contribution in [0.5, 0.6) is 0 Å². The number of ether oxygens (including phenoxy) is 1. The van der Waals surface area contributed by atoms with Crippen LogP contribution in [0.3, 0.4) is 0 Å². The van der Waals surface area contributed by atoms with Crippen LogP contribution >= 0.6 is 27.7 Å². The Bertz CT molecular complexity index is 1200. The highest BCUT2D eigenvalue weighted by Crippen LogP contribution is 2.37. The molecule has 4 rings (SSSR count). The van der Waals surface area contributed by atoms with Gasteiger partial charge in [0.05, 0.1) is 12.2 Å². The number of aryl methyl sites for hydroxylation is 2. The number of carbonyl (C=O) groups excluding carboxylic acids is 1. The maximum absolute atomic E-state index is 12.9. The molecule has 0 fully saturated rings. The number of carbonyl (C=O) groups is 1. The molecular formula is C24H25BrN4O2S. The Balaban J connectivity index is 1.69. The predicted molar refractivity (Wildman–Crippen MR) is 131 cm³/mol. The lowest BCUT2D eigenvalue weighted by atomic mass is 9.96. The van der Waals surface area contributed by atoms with Gasteiger partial charge in [0.15, 0.2) is 0 Å². The van der Waals surface area contributed by atoms with Crippen molar-refractivity contribution in [3.8, 4) is 0 Å². The molecule has 8 heteroatoms. The molecule has 2 aromatic carbocycles. The second-order valence-corrected chi connectivity index (χ2v) is 9.58. The third-order valence-corrected chi connectivity index (χ3v) is 6.73. The molecule has 1 aliphatic heterocycles. The molecule has 32 heavy (non-hydrogen) atoms. The summed E-state index contributed by atoms with van der Waals surface area (Å²) >= 11 is 5.12. The zero-order chi connectivity index (χ0) is 22.8. The van der Waals surface area contributed by atoms with E-state index in [-0.39, 0.29) is 5.97 Å². The Kier molecular flexibility index (Phi) is 6.71. The van der Waals surface area contributed by atoms with Crippen LogP contribution in [0.15, 0.2) is 63.4 Å². The van der Waals surface area contributed by atoms with Gasteiger partial charge in [-0.1, -0.05) is 63.6 Å². The van der Waals surface area contributed by atoms with Crippen LogP contribution in [-0.4, -0.2) is 27.3 Å². The maximum Gasteiger partial charge on any atom is 0.338 e. The first-order valence-electron chi connectivity index (χ1n) is 10.4. The van der Waals surface area contributed by atoms with Gasteiger partial charge in [-0.25, -0.2) is 9.48 Å². The van der Waals surface area contributed by atoms with Gasteiger partial charge in [0.2, 0.25) is 11.1 Å². The van der Waals surface area contributed by atoms with E-state index in [1.54, 1.807) is 23.4 Å². The molecule has 1 aliphatic rings. The maximum atomic E-state index is 12.9. The summed E-state index contributed by atoms with van der Waals surface area (Å²) in [4.78, 5) is 17.6. The molecule has 0 unspecified atom stereocenters. The van der Waals surface area contributed by atoms with Gasteiger partial charge in [-0.2, -0.15) is 4.98 Å². The molecule has 1 atom stereocenters. The minimum Gasteiger partial charge on any atom is -0.463 e. The van der Waals surface area contributed by atoms with Crippen LogP contribution in [0.4, 0.5) is 5.95 Å². The summed E-state index contributed by atoms with van der Waals surface area (Å²) < 4.78 is 8.08. The fourth-order valence-electron chi connectivity index (χ4n) is 3.80. The monoisotopic (exact) mass is 512 g/mol. The average Bonchev–Trinajstić information content (AvgIpc) is 3.14. The minimum absolute atomic E-state index is 0.308. The second-order valence-electron chi connectivity index (χ2n) is 7.72. The second kappa shape index (κ2) is 9.50. The Morgan fingerprint density at radius 2 is 2.03 bits per heavy atom. The quantitative estimate of drug-likeness (QED) is 0.332. The fourth-order valence-corrected chi connectivity index (χ4v) is 5.12. The molecule has 1 N–H and O–H groups in total. The van der Waals surface area contributed by atoms with E-state index in [0.29, 0.717) is 23.3 Å². The molecule has 166 valence electrons. The summed E-state index contributed by atoms with van der Waals surface area (Å²) in [5, 5.41) is 8.68. The third kappa shape index (κ3) is 4.61. The highest BCUT2D eigenvalue weighted by molar-refractivity contribution is 9.10. The molecule has 0 bridgehead atoms. The Hall–Kier alpha value is -2.58. The number of allylic oxidation sites excluding steroid dienone is 1. The first-order valence-corrected chi connectivity index (χ1v) is 12.2. The molecule has 0 saturated heterocycles. The number of nitrogens with zero attached hydrogens (tertiary/aromatic N) is 3. The first-order chi connectivity index (χ1) is 15.4. The fraction of sp³-hybridized carbons (Fsp3) is 0.292. The number of hydrogen-bond donors (Lipinski definition) is 1. The normalized spacial score (nSPS) is 15.3. The van der Waals surface area contributed by atoms with Crippen molar-refractivity contribution in [1.82, 2.24) is 14.8 Å². The molecule has 0 spiro atoms. The SMILES string of the molecule is CCOC(=O)C1=C(C)Nc2nc(SCc3ccc(C)cc3C)nn2[C@H]1c1cccc(Br)c1. The van der Waals surface area contributed by atoms with Crippen LogP contribution in [0, 0.1) is 13.8 Å². The van der Waals surface area contributed by atoms with Crippen molar-refractivity contribution in [3.63, 3.8) is 0 Å². The van der Waals surface area contributed by atoms with Crippen LogP contribution in [0.1, 0.15) is 42.1 Å². The average molecular weight is 513 g/mol. The number of aromatic nitrogens is 3.